The van der Waals surface area contributed by atoms with E-state index >= 15 is 0 Å². The minimum atomic E-state index is -1.27. The van der Waals surface area contributed by atoms with Crippen molar-refractivity contribution >= 4 is 12.1 Å². The highest BCUT2D eigenvalue weighted by Crippen LogP contribution is 2.33. The number of hydrogen-bond donors (Lipinski definition) is 0. The first-order valence-electron chi connectivity index (χ1n) is 11.3. The third-order valence-electron chi connectivity index (χ3n) is 4.53. The predicted molar refractivity (Wildman–Crippen MR) is 130 cm³/mol. The lowest BCUT2D eigenvalue weighted by atomic mass is 10.2. The molecule has 1 aromatic carbocycles. The Morgan fingerprint density at radius 3 is 1.74 bits per heavy atom. The minimum Gasteiger partial charge on any atom is -0.481 e. The van der Waals surface area contributed by atoms with Crippen molar-refractivity contribution in [3.05, 3.63) is 35.9 Å². The van der Waals surface area contributed by atoms with Crippen LogP contribution in [-0.4, -0.2) is 73.4 Å². The van der Waals surface area contributed by atoms with Gasteiger partial charge < -0.3 is 42.6 Å². The first kappa shape index (κ1) is 28.5. The number of rotatable bonds is 12. The highest BCUT2D eigenvalue weighted by molar-refractivity contribution is 5.93. The molecule has 0 bridgehead atoms. The summed E-state index contributed by atoms with van der Waals surface area (Å²) in [5, 5.41) is 0. The second-order valence-corrected chi connectivity index (χ2v) is 7.11. The van der Waals surface area contributed by atoms with Crippen molar-refractivity contribution in [1.29, 1.82) is 0 Å². The Balaban J connectivity index is 1.96. The molecular formula is C24H26N4O11. The fraction of sp³-hybridized carbons (Fsp3) is 0.333. The van der Waals surface area contributed by atoms with E-state index in [2.05, 4.69) is 24.7 Å². The van der Waals surface area contributed by atoms with Crippen LogP contribution in [0.5, 0.6) is 47.0 Å². The molecule has 2 aromatic heterocycles. The summed E-state index contributed by atoms with van der Waals surface area (Å²) in [4.78, 5) is 41.0. The lowest BCUT2D eigenvalue weighted by molar-refractivity contribution is -0.0812. The fourth-order valence-electron chi connectivity index (χ4n) is 2.83. The number of carbonyl (C=O) groups is 2. The summed E-state index contributed by atoms with van der Waals surface area (Å²) in [5.41, 5.74) is -0.0869. The molecule has 15 heteroatoms. The van der Waals surface area contributed by atoms with E-state index in [1.54, 1.807) is 6.92 Å². The molecule has 0 aliphatic heterocycles. The van der Waals surface area contributed by atoms with Crippen molar-refractivity contribution < 1.29 is 52.2 Å². The summed E-state index contributed by atoms with van der Waals surface area (Å²) in [5.74, 6) is -0.165. The highest BCUT2D eigenvalue weighted by Gasteiger charge is 2.22. The molecule has 0 aliphatic rings. The quantitative estimate of drug-likeness (QED) is 0.238. The SMILES string of the molecule is CCOC(=O)OC(C)OC(=O)c1ccc(Oc2nc(OC)cc(OC)n2)cc1Oc1nc(OC)cc(OC)n1. The van der Waals surface area contributed by atoms with E-state index in [0.717, 1.165) is 0 Å². The Kier molecular flexibility index (Phi) is 9.83. The third kappa shape index (κ3) is 7.95. The van der Waals surface area contributed by atoms with Crippen molar-refractivity contribution in [3.8, 4) is 47.0 Å². The molecule has 0 aliphatic carbocycles. The molecular weight excluding hydrogens is 520 g/mol. The van der Waals surface area contributed by atoms with Gasteiger partial charge in [0.05, 0.1) is 47.2 Å². The van der Waals surface area contributed by atoms with Crippen molar-refractivity contribution in [3.63, 3.8) is 0 Å². The average Bonchev–Trinajstić information content (AvgIpc) is 2.92. The number of benzene rings is 1. The number of carbonyl (C=O) groups excluding carboxylic acids is 2. The highest BCUT2D eigenvalue weighted by atomic mass is 16.8. The summed E-state index contributed by atoms with van der Waals surface area (Å²) in [7, 11) is 5.65. The van der Waals surface area contributed by atoms with Crippen LogP contribution in [0.25, 0.3) is 0 Å². The van der Waals surface area contributed by atoms with Crippen LogP contribution in [0, 0.1) is 0 Å². The summed E-state index contributed by atoms with van der Waals surface area (Å²) in [6, 6.07) is 6.70. The number of nitrogens with zero attached hydrogens (tertiary/aromatic N) is 4. The van der Waals surface area contributed by atoms with Gasteiger partial charge in [-0.2, -0.15) is 19.9 Å². The van der Waals surface area contributed by atoms with E-state index in [4.69, 9.17) is 37.9 Å². The lowest BCUT2D eigenvalue weighted by Gasteiger charge is -2.16. The number of esters is 1. The molecule has 15 nitrogen and oxygen atoms in total. The summed E-state index contributed by atoms with van der Waals surface area (Å²) in [6.45, 7) is 3.04. The molecule has 1 unspecified atom stereocenters. The summed E-state index contributed by atoms with van der Waals surface area (Å²) in [6.07, 6.45) is -2.27. The second kappa shape index (κ2) is 13.5. The van der Waals surface area contributed by atoms with E-state index < -0.39 is 18.4 Å². The van der Waals surface area contributed by atoms with Crippen molar-refractivity contribution in [1.82, 2.24) is 19.9 Å². The Morgan fingerprint density at radius 1 is 0.744 bits per heavy atom. The minimum absolute atomic E-state index is 0.0869. The first-order valence-corrected chi connectivity index (χ1v) is 11.3. The molecule has 0 radical (unpaired) electrons. The van der Waals surface area contributed by atoms with Gasteiger partial charge in [0.25, 0.3) is 0 Å². The topological polar surface area (TPSA) is 169 Å². The van der Waals surface area contributed by atoms with E-state index in [9.17, 15) is 9.59 Å². The smallest absolute Gasteiger partial charge is 0.481 e. The van der Waals surface area contributed by atoms with Gasteiger partial charge in [-0.1, -0.05) is 0 Å². The van der Waals surface area contributed by atoms with Gasteiger partial charge in [-0.15, -0.1) is 0 Å². The van der Waals surface area contributed by atoms with Crippen LogP contribution >= 0.6 is 0 Å². The lowest BCUT2D eigenvalue weighted by Crippen LogP contribution is -2.22. The van der Waals surface area contributed by atoms with Crippen molar-refractivity contribution in [2.45, 2.75) is 20.1 Å². The number of ether oxygens (including phenoxy) is 9. The second-order valence-electron chi connectivity index (χ2n) is 7.11. The first-order chi connectivity index (χ1) is 18.8. The third-order valence-corrected chi connectivity index (χ3v) is 4.53. The number of methoxy groups -OCH3 is 4. The number of aromatic nitrogens is 4. The van der Waals surface area contributed by atoms with E-state index in [1.807, 2.05) is 0 Å². The predicted octanol–water partition coefficient (Wildman–Crippen LogP) is 3.56. The van der Waals surface area contributed by atoms with Crippen LogP contribution in [-0.2, 0) is 14.2 Å². The maximum atomic E-state index is 13.0. The van der Waals surface area contributed by atoms with Gasteiger partial charge in [-0.3, -0.25) is 0 Å². The molecule has 0 N–H and O–H groups in total. The zero-order valence-electron chi connectivity index (χ0n) is 22.0. The van der Waals surface area contributed by atoms with Gasteiger partial charge >= 0.3 is 24.1 Å². The fourth-order valence-corrected chi connectivity index (χ4v) is 2.83. The van der Waals surface area contributed by atoms with Crippen molar-refractivity contribution in [2.24, 2.45) is 0 Å². The van der Waals surface area contributed by atoms with Gasteiger partial charge in [0.1, 0.15) is 17.1 Å². The molecule has 1 atom stereocenters. The maximum absolute atomic E-state index is 13.0. The normalized spacial score (nSPS) is 11.0. The van der Waals surface area contributed by atoms with Gasteiger partial charge in [-0.25, -0.2) is 9.59 Å². The van der Waals surface area contributed by atoms with Crippen LogP contribution in [0.1, 0.15) is 24.2 Å². The van der Waals surface area contributed by atoms with Gasteiger partial charge in [-0.05, 0) is 19.1 Å². The summed E-state index contributed by atoms with van der Waals surface area (Å²) >= 11 is 0. The van der Waals surface area contributed by atoms with Crippen LogP contribution in [0.3, 0.4) is 0 Å². The molecule has 0 amide bonds. The van der Waals surface area contributed by atoms with E-state index in [1.165, 1.54) is 65.7 Å². The zero-order valence-corrected chi connectivity index (χ0v) is 22.0. The summed E-state index contributed by atoms with van der Waals surface area (Å²) < 4.78 is 46.9. The largest absolute Gasteiger partial charge is 0.511 e. The molecule has 0 fully saturated rings. The Morgan fingerprint density at radius 2 is 1.26 bits per heavy atom. The molecule has 0 saturated heterocycles. The maximum Gasteiger partial charge on any atom is 0.511 e. The van der Waals surface area contributed by atoms with Gasteiger partial charge in [0.2, 0.25) is 29.8 Å². The Hall–Kier alpha value is -5.08. The standard InChI is InChI=1S/C24H26N4O11/c1-7-35-24(30)37-13(2)36-21(29)15-9-8-14(38-22-25-17(31-3)11-18(26-22)32-4)10-16(15)39-23-27-19(33-5)12-20(28-23)34-6/h8-13H,7H2,1-6H3. The number of hydrogen-bond acceptors (Lipinski definition) is 15. The molecule has 3 aromatic rings. The van der Waals surface area contributed by atoms with Gasteiger partial charge in [0, 0.05) is 13.0 Å². The van der Waals surface area contributed by atoms with Crippen LogP contribution in [0.2, 0.25) is 0 Å². The van der Waals surface area contributed by atoms with Crippen LogP contribution in [0.15, 0.2) is 30.3 Å². The monoisotopic (exact) mass is 546 g/mol. The molecule has 0 saturated carbocycles. The van der Waals surface area contributed by atoms with Crippen LogP contribution in [0.4, 0.5) is 4.79 Å². The van der Waals surface area contributed by atoms with Crippen molar-refractivity contribution in [2.75, 3.05) is 35.0 Å². The molecule has 39 heavy (non-hydrogen) atoms. The molecule has 0 spiro atoms. The average molecular weight is 546 g/mol. The molecule has 2 heterocycles. The Bertz CT molecular complexity index is 1260. The Labute approximate surface area is 222 Å². The van der Waals surface area contributed by atoms with Crippen LogP contribution < -0.4 is 28.4 Å². The van der Waals surface area contributed by atoms with Gasteiger partial charge in [0.15, 0.2) is 0 Å². The van der Waals surface area contributed by atoms with E-state index in [-0.39, 0.29) is 59.2 Å². The van der Waals surface area contributed by atoms with E-state index in [0.29, 0.717) is 0 Å². The molecule has 3 rings (SSSR count). The molecule has 208 valence electrons. The zero-order chi connectivity index (χ0) is 28.4.